The molecule has 0 aromatic heterocycles. The molecular weight excluding hydrogens is 190 g/mol. The average Bonchev–Trinajstić information content (AvgIpc) is 2.80. The summed E-state index contributed by atoms with van der Waals surface area (Å²) in [6, 6.07) is 0. The van der Waals surface area contributed by atoms with E-state index >= 15 is 0 Å². The Balaban J connectivity index is 1.66. The van der Waals surface area contributed by atoms with Gasteiger partial charge in [0, 0.05) is 19.1 Å². The van der Waals surface area contributed by atoms with E-state index in [1.54, 1.807) is 0 Å². The highest BCUT2D eigenvalue weighted by Gasteiger charge is 2.22. The number of ether oxygens (including phenoxy) is 1. The van der Waals surface area contributed by atoms with Crippen LogP contribution in [0.3, 0.4) is 0 Å². The molecule has 3 heteroatoms. The Morgan fingerprint density at radius 1 is 1.13 bits per heavy atom. The van der Waals surface area contributed by atoms with E-state index in [0.717, 1.165) is 38.8 Å². The minimum absolute atomic E-state index is 0.255. The zero-order valence-corrected chi connectivity index (χ0v) is 9.34. The number of carbonyl (C=O) groups excluding carboxylic acids is 1. The fourth-order valence-corrected chi connectivity index (χ4v) is 2.53. The first-order valence-electron chi connectivity index (χ1n) is 6.25. The van der Waals surface area contributed by atoms with Crippen molar-refractivity contribution in [3.8, 4) is 0 Å². The Morgan fingerprint density at radius 3 is 2.60 bits per heavy atom. The van der Waals surface area contributed by atoms with Crippen molar-refractivity contribution in [2.75, 3.05) is 13.2 Å². The SMILES string of the molecule is O=C(NC[C@@H]1CCCO1)C1CCCCC1. The van der Waals surface area contributed by atoms with Crippen LogP contribution >= 0.6 is 0 Å². The van der Waals surface area contributed by atoms with E-state index in [1.165, 1.54) is 19.3 Å². The highest BCUT2D eigenvalue weighted by atomic mass is 16.5. The van der Waals surface area contributed by atoms with Gasteiger partial charge < -0.3 is 10.1 Å². The van der Waals surface area contributed by atoms with Crippen LogP contribution in [0.2, 0.25) is 0 Å². The van der Waals surface area contributed by atoms with Gasteiger partial charge in [0.05, 0.1) is 6.10 Å². The lowest BCUT2D eigenvalue weighted by Gasteiger charge is -2.21. The molecule has 0 radical (unpaired) electrons. The molecule has 1 saturated heterocycles. The van der Waals surface area contributed by atoms with E-state index in [0.29, 0.717) is 0 Å². The van der Waals surface area contributed by atoms with E-state index in [4.69, 9.17) is 4.74 Å². The van der Waals surface area contributed by atoms with E-state index in [1.807, 2.05) is 0 Å². The van der Waals surface area contributed by atoms with Crippen molar-refractivity contribution < 1.29 is 9.53 Å². The third-order valence-electron chi connectivity index (χ3n) is 3.50. The quantitative estimate of drug-likeness (QED) is 0.774. The maximum Gasteiger partial charge on any atom is 0.223 e. The van der Waals surface area contributed by atoms with Gasteiger partial charge in [-0.2, -0.15) is 0 Å². The molecule has 1 heterocycles. The Hall–Kier alpha value is -0.570. The third-order valence-corrected chi connectivity index (χ3v) is 3.50. The smallest absolute Gasteiger partial charge is 0.223 e. The molecule has 1 aliphatic carbocycles. The Bertz CT molecular complexity index is 206. The standard InChI is InChI=1S/C12H21NO2/c14-12(10-5-2-1-3-6-10)13-9-11-7-4-8-15-11/h10-11H,1-9H2,(H,13,14)/t11-/m0/s1. The first kappa shape index (κ1) is 10.9. The van der Waals surface area contributed by atoms with Gasteiger partial charge in [0.15, 0.2) is 0 Å². The van der Waals surface area contributed by atoms with Crippen LogP contribution in [0.15, 0.2) is 0 Å². The minimum atomic E-state index is 0.255. The van der Waals surface area contributed by atoms with Crippen molar-refractivity contribution in [2.24, 2.45) is 5.92 Å². The largest absolute Gasteiger partial charge is 0.376 e. The van der Waals surface area contributed by atoms with Gasteiger partial charge in [-0.3, -0.25) is 4.79 Å². The maximum absolute atomic E-state index is 11.8. The van der Waals surface area contributed by atoms with Gasteiger partial charge in [0.1, 0.15) is 0 Å². The van der Waals surface area contributed by atoms with Gasteiger partial charge in [-0.05, 0) is 25.7 Å². The fourth-order valence-electron chi connectivity index (χ4n) is 2.53. The second kappa shape index (κ2) is 5.50. The van der Waals surface area contributed by atoms with Crippen LogP contribution in [-0.4, -0.2) is 25.2 Å². The van der Waals surface area contributed by atoms with Crippen LogP contribution in [0.1, 0.15) is 44.9 Å². The summed E-state index contributed by atoms with van der Waals surface area (Å²) in [5.74, 6) is 0.533. The number of carbonyl (C=O) groups is 1. The normalized spacial score (nSPS) is 27.9. The van der Waals surface area contributed by atoms with Crippen molar-refractivity contribution in [1.29, 1.82) is 0 Å². The summed E-state index contributed by atoms with van der Waals surface area (Å²) in [5.41, 5.74) is 0. The van der Waals surface area contributed by atoms with E-state index in [9.17, 15) is 4.79 Å². The molecule has 3 nitrogen and oxygen atoms in total. The maximum atomic E-state index is 11.8. The summed E-state index contributed by atoms with van der Waals surface area (Å²) < 4.78 is 5.48. The van der Waals surface area contributed by atoms with Gasteiger partial charge >= 0.3 is 0 Å². The summed E-state index contributed by atoms with van der Waals surface area (Å²) in [6.45, 7) is 1.58. The molecule has 1 aliphatic heterocycles. The van der Waals surface area contributed by atoms with E-state index < -0.39 is 0 Å². The molecule has 2 rings (SSSR count). The summed E-state index contributed by atoms with van der Waals surface area (Å²) >= 11 is 0. The highest BCUT2D eigenvalue weighted by Crippen LogP contribution is 2.23. The van der Waals surface area contributed by atoms with Crippen molar-refractivity contribution in [1.82, 2.24) is 5.32 Å². The lowest BCUT2D eigenvalue weighted by Crippen LogP contribution is -2.36. The summed E-state index contributed by atoms with van der Waals surface area (Å²) in [5, 5.41) is 3.03. The van der Waals surface area contributed by atoms with Crippen molar-refractivity contribution in [3.05, 3.63) is 0 Å². The molecule has 0 aromatic rings. The van der Waals surface area contributed by atoms with E-state index in [2.05, 4.69) is 5.32 Å². The molecule has 0 bridgehead atoms. The van der Waals surface area contributed by atoms with Crippen molar-refractivity contribution in [2.45, 2.75) is 51.0 Å². The third kappa shape index (κ3) is 3.20. The number of hydrogen-bond donors (Lipinski definition) is 1. The number of amides is 1. The zero-order valence-electron chi connectivity index (χ0n) is 9.34. The van der Waals surface area contributed by atoms with Crippen LogP contribution in [0.4, 0.5) is 0 Å². The number of rotatable bonds is 3. The van der Waals surface area contributed by atoms with Gasteiger partial charge in [-0.15, -0.1) is 0 Å². The molecule has 15 heavy (non-hydrogen) atoms. The topological polar surface area (TPSA) is 38.3 Å². The first-order valence-corrected chi connectivity index (χ1v) is 6.25. The minimum Gasteiger partial charge on any atom is -0.376 e. The molecule has 2 aliphatic rings. The molecule has 0 aromatic carbocycles. The highest BCUT2D eigenvalue weighted by molar-refractivity contribution is 5.78. The molecule has 1 atom stereocenters. The van der Waals surface area contributed by atoms with Crippen LogP contribution in [0.5, 0.6) is 0 Å². The lowest BCUT2D eigenvalue weighted by molar-refractivity contribution is -0.126. The molecule has 2 fully saturated rings. The summed E-state index contributed by atoms with van der Waals surface area (Å²) in [6.07, 6.45) is 8.42. The van der Waals surface area contributed by atoms with Gasteiger partial charge in [0.2, 0.25) is 5.91 Å². The summed E-state index contributed by atoms with van der Waals surface area (Å²) in [4.78, 5) is 11.8. The predicted molar refractivity (Wildman–Crippen MR) is 58.6 cm³/mol. The van der Waals surface area contributed by atoms with Crippen molar-refractivity contribution in [3.63, 3.8) is 0 Å². The fraction of sp³-hybridized carbons (Fsp3) is 0.917. The van der Waals surface area contributed by atoms with Crippen LogP contribution in [0, 0.1) is 5.92 Å². The van der Waals surface area contributed by atoms with E-state index in [-0.39, 0.29) is 17.9 Å². The van der Waals surface area contributed by atoms with Gasteiger partial charge in [-0.1, -0.05) is 19.3 Å². The molecular formula is C12H21NO2. The van der Waals surface area contributed by atoms with Crippen LogP contribution < -0.4 is 5.32 Å². The first-order chi connectivity index (χ1) is 7.36. The molecule has 1 saturated carbocycles. The summed E-state index contributed by atoms with van der Waals surface area (Å²) in [7, 11) is 0. The van der Waals surface area contributed by atoms with Gasteiger partial charge in [0.25, 0.3) is 0 Å². The van der Waals surface area contributed by atoms with Crippen LogP contribution in [0.25, 0.3) is 0 Å². The molecule has 0 spiro atoms. The molecule has 86 valence electrons. The molecule has 0 unspecified atom stereocenters. The van der Waals surface area contributed by atoms with Crippen LogP contribution in [-0.2, 0) is 9.53 Å². The predicted octanol–water partition coefficient (Wildman–Crippen LogP) is 1.86. The second-order valence-corrected chi connectivity index (χ2v) is 4.72. The lowest BCUT2D eigenvalue weighted by atomic mass is 9.88. The number of nitrogens with one attached hydrogen (secondary N) is 1. The number of hydrogen-bond acceptors (Lipinski definition) is 2. The molecule has 1 amide bonds. The van der Waals surface area contributed by atoms with Gasteiger partial charge in [-0.25, -0.2) is 0 Å². The Kier molecular flexibility index (Phi) is 4.01. The van der Waals surface area contributed by atoms with Crippen molar-refractivity contribution >= 4 is 5.91 Å². The second-order valence-electron chi connectivity index (χ2n) is 4.72. The average molecular weight is 211 g/mol. The monoisotopic (exact) mass is 211 g/mol. The Labute approximate surface area is 91.6 Å². The Morgan fingerprint density at radius 2 is 1.93 bits per heavy atom. The molecule has 1 N–H and O–H groups in total. The zero-order chi connectivity index (χ0) is 10.5.